The van der Waals surface area contributed by atoms with Crippen LogP contribution in [0, 0.1) is 5.92 Å². The molecule has 7 heteroatoms. The highest BCUT2D eigenvalue weighted by Gasteiger charge is 2.21. The molecule has 3 N–H and O–H groups in total. The van der Waals surface area contributed by atoms with Gasteiger partial charge in [0, 0.05) is 17.7 Å². The van der Waals surface area contributed by atoms with Gasteiger partial charge in [-0.15, -0.1) is 0 Å². The zero-order valence-electron chi connectivity index (χ0n) is 18.1. The maximum atomic E-state index is 12.4. The Bertz CT molecular complexity index is 921. The number of carbonyl (C=O) groups excluding carboxylic acids is 1. The quantitative estimate of drug-likeness (QED) is 0.548. The maximum Gasteiger partial charge on any atom is 0.249 e. The van der Waals surface area contributed by atoms with Crippen molar-refractivity contribution in [2.45, 2.75) is 44.9 Å². The molecule has 4 unspecified atom stereocenters. The zero-order valence-corrected chi connectivity index (χ0v) is 18.1. The van der Waals surface area contributed by atoms with Crippen LogP contribution >= 0.6 is 0 Å². The van der Waals surface area contributed by atoms with Crippen LogP contribution in [0.5, 0.6) is 0 Å². The minimum Gasteiger partial charge on any atom is -0.387 e. The van der Waals surface area contributed by atoms with Crippen molar-refractivity contribution in [1.82, 2.24) is 25.4 Å². The van der Waals surface area contributed by atoms with Crippen molar-refractivity contribution in [2.24, 2.45) is 5.92 Å². The second-order valence-electron chi connectivity index (χ2n) is 7.79. The average Bonchev–Trinajstić information content (AvgIpc) is 3.32. The summed E-state index contributed by atoms with van der Waals surface area (Å²) in [7, 11) is 0. The summed E-state index contributed by atoms with van der Waals surface area (Å²) in [5.41, 5.74) is 2.59. The molecule has 1 aliphatic carbocycles. The maximum absolute atomic E-state index is 12.4. The number of hydrogen-bond donors (Lipinski definition) is 3. The normalized spacial score (nSPS) is 18.9. The minimum absolute atomic E-state index is 0.00750. The summed E-state index contributed by atoms with van der Waals surface area (Å²) in [5.74, 6) is 0.0299. The lowest BCUT2D eigenvalue weighted by atomic mass is 9.91. The fourth-order valence-electron chi connectivity index (χ4n) is 3.63. The average molecular weight is 422 g/mol. The van der Waals surface area contributed by atoms with Crippen LogP contribution in [0.15, 0.2) is 79.1 Å². The minimum atomic E-state index is -0.537. The highest BCUT2D eigenvalue weighted by molar-refractivity contribution is 5.82. The Balaban J connectivity index is 1.47. The van der Waals surface area contributed by atoms with Crippen molar-refractivity contribution < 1.29 is 9.90 Å². The Labute approximate surface area is 183 Å². The fourth-order valence-corrected chi connectivity index (χ4v) is 3.63. The van der Waals surface area contributed by atoms with Crippen LogP contribution in [-0.4, -0.2) is 38.4 Å². The SMILES string of the molecule is C=C1C=C(NC(=O)C(C)n2cncn2)C=CC1CCNC(CC)C(O)c1ccccc1. The largest absolute Gasteiger partial charge is 0.387 e. The lowest BCUT2D eigenvalue weighted by molar-refractivity contribution is -0.123. The van der Waals surface area contributed by atoms with E-state index in [0.717, 1.165) is 36.2 Å². The van der Waals surface area contributed by atoms with Gasteiger partial charge in [-0.3, -0.25) is 4.79 Å². The summed E-state index contributed by atoms with van der Waals surface area (Å²) in [5, 5.41) is 21.0. The van der Waals surface area contributed by atoms with Gasteiger partial charge in [-0.05, 0) is 49.6 Å². The van der Waals surface area contributed by atoms with Crippen molar-refractivity contribution in [3.05, 3.63) is 84.6 Å². The van der Waals surface area contributed by atoms with Crippen molar-refractivity contribution in [3.8, 4) is 0 Å². The molecule has 31 heavy (non-hydrogen) atoms. The van der Waals surface area contributed by atoms with Gasteiger partial charge in [0.25, 0.3) is 0 Å². The van der Waals surface area contributed by atoms with Crippen LogP contribution in [0.25, 0.3) is 0 Å². The van der Waals surface area contributed by atoms with E-state index in [1.807, 2.05) is 42.5 Å². The molecule has 1 heterocycles. The van der Waals surface area contributed by atoms with Gasteiger partial charge in [0.1, 0.15) is 18.7 Å². The Morgan fingerprint density at radius 1 is 1.32 bits per heavy atom. The molecule has 0 fully saturated rings. The smallest absolute Gasteiger partial charge is 0.249 e. The first-order chi connectivity index (χ1) is 15.0. The number of aliphatic hydroxyl groups is 1. The van der Waals surface area contributed by atoms with Gasteiger partial charge in [-0.1, -0.05) is 49.9 Å². The van der Waals surface area contributed by atoms with Crippen LogP contribution in [0.3, 0.4) is 0 Å². The Morgan fingerprint density at radius 2 is 2.10 bits per heavy atom. The lowest BCUT2D eigenvalue weighted by Crippen LogP contribution is -2.36. The third kappa shape index (κ3) is 5.99. The predicted octanol–water partition coefficient (Wildman–Crippen LogP) is 3.07. The number of aromatic nitrogens is 3. The van der Waals surface area contributed by atoms with E-state index in [1.165, 1.54) is 17.3 Å². The van der Waals surface area contributed by atoms with Crippen LogP contribution < -0.4 is 10.6 Å². The number of allylic oxidation sites excluding steroid dienone is 4. The first-order valence-corrected chi connectivity index (χ1v) is 10.7. The first-order valence-electron chi connectivity index (χ1n) is 10.7. The molecule has 0 saturated heterocycles. The zero-order chi connectivity index (χ0) is 22.2. The molecule has 7 nitrogen and oxygen atoms in total. The van der Waals surface area contributed by atoms with Gasteiger partial charge < -0.3 is 15.7 Å². The van der Waals surface area contributed by atoms with Gasteiger partial charge >= 0.3 is 0 Å². The van der Waals surface area contributed by atoms with E-state index >= 15 is 0 Å². The molecule has 164 valence electrons. The summed E-state index contributed by atoms with van der Waals surface area (Å²) in [4.78, 5) is 16.3. The monoisotopic (exact) mass is 421 g/mol. The van der Waals surface area contributed by atoms with Crippen LogP contribution in [-0.2, 0) is 4.79 Å². The van der Waals surface area contributed by atoms with Crippen molar-refractivity contribution in [3.63, 3.8) is 0 Å². The van der Waals surface area contributed by atoms with Gasteiger partial charge in [-0.25, -0.2) is 9.67 Å². The number of amides is 1. The second kappa shape index (κ2) is 10.8. The molecule has 1 aliphatic rings. The number of carbonyl (C=O) groups is 1. The van der Waals surface area contributed by atoms with E-state index in [0.29, 0.717) is 0 Å². The summed E-state index contributed by atoms with van der Waals surface area (Å²) in [6.07, 6.45) is 9.98. The summed E-state index contributed by atoms with van der Waals surface area (Å²) in [6, 6.07) is 9.27. The van der Waals surface area contributed by atoms with E-state index in [4.69, 9.17) is 0 Å². The Morgan fingerprint density at radius 3 is 2.74 bits per heavy atom. The molecular formula is C24H31N5O2. The topological polar surface area (TPSA) is 92.1 Å². The van der Waals surface area contributed by atoms with E-state index in [1.54, 1.807) is 6.92 Å². The van der Waals surface area contributed by atoms with E-state index in [2.05, 4.69) is 40.3 Å². The summed E-state index contributed by atoms with van der Waals surface area (Å²) >= 11 is 0. The van der Waals surface area contributed by atoms with Crippen LogP contribution in [0.1, 0.15) is 44.4 Å². The molecule has 0 spiro atoms. The van der Waals surface area contributed by atoms with E-state index in [-0.39, 0.29) is 17.9 Å². The highest BCUT2D eigenvalue weighted by Crippen LogP contribution is 2.24. The third-order valence-electron chi connectivity index (χ3n) is 5.63. The van der Waals surface area contributed by atoms with Crippen molar-refractivity contribution in [2.75, 3.05) is 6.54 Å². The third-order valence-corrected chi connectivity index (χ3v) is 5.63. The first kappa shape index (κ1) is 22.7. The van der Waals surface area contributed by atoms with Gasteiger partial charge in [0.15, 0.2) is 0 Å². The Hall–Kier alpha value is -3.03. The lowest BCUT2D eigenvalue weighted by Gasteiger charge is -2.25. The van der Waals surface area contributed by atoms with E-state index in [9.17, 15) is 9.90 Å². The molecule has 0 bridgehead atoms. The molecule has 1 amide bonds. The number of nitrogens with one attached hydrogen (secondary N) is 2. The van der Waals surface area contributed by atoms with Crippen molar-refractivity contribution in [1.29, 1.82) is 0 Å². The number of nitrogens with zero attached hydrogens (tertiary/aromatic N) is 3. The van der Waals surface area contributed by atoms with Gasteiger partial charge in [0.2, 0.25) is 5.91 Å². The molecule has 3 rings (SSSR count). The molecule has 0 aliphatic heterocycles. The molecule has 1 aromatic heterocycles. The van der Waals surface area contributed by atoms with Gasteiger partial charge in [0.05, 0.1) is 6.10 Å². The summed E-state index contributed by atoms with van der Waals surface area (Å²) in [6.45, 7) is 8.77. The number of rotatable bonds is 10. The Kier molecular flexibility index (Phi) is 7.92. The number of aliphatic hydroxyl groups excluding tert-OH is 1. The molecule has 2 aromatic rings. The number of benzene rings is 1. The fraction of sp³-hybridized carbons (Fsp3) is 0.375. The van der Waals surface area contributed by atoms with E-state index < -0.39 is 12.1 Å². The molecule has 0 saturated carbocycles. The van der Waals surface area contributed by atoms with Crippen LogP contribution in [0.4, 0.5) is 0 Å². The van der Waals surface area contributed by atoms with Crippen molar-refractivity contribution >= 4 is 5.91 Å². The molecule has 1 aromatic carbocycles. The second-order valence-corrected chi connectivity index (χ2v) is 7.79. The number of hydrogen-bond acceptors (Lipinski definition) is 5. The molecular weight excluding hydrogens is 390 g/mol. The molecule has 0 radical (unpaired) electrons. The van der Waals surface area contributed by atoms with Crippen LogP contribution in [0.2, 0.25) is 0 Å². The highest BCUT2D eigenvalue weighted by atomic mass is 16.3. The molecule has 4 atom stereocenters. The van der Waals surface area contributed by atoms with Gasteiger partial charge in [-0.2, -0.15) is 5.10 Å². The summed E-state index contributed by atoms with van der Waals surface area (Å²) < 4.78 is 1.51. The predicted molar refractivity (Wildman–Crippen MR) is 121 cm³/mol. The standard InChI is InChI=1S/C24H31N5O2/c1-4-22(23(30)20-8-6-5-7-9-20)26-13-12-19-10-11-21(14-17(19)2)28-24(31)18(3)29-16-25-15-27-29/h5-11,14-16,18-19,22-23,26,30H,2,4,12-13H2,1,3H3,(H,28,31).